The molecule has 0 fully saturated rings. The van der Waals surface area contributed by atoms with Gasteiger partial charge < -0.3 is 4.40 Å². The number of benzene rings is 1. The Hall–Kier alpha value is -1.32. The molecule has 0 aliphatic heterocycles. The van der Waals surface area contributed by atoms with E-state index >= 15 is 0 Å². The minimum Gasteiger partial charge on any atom is -0.303 e. The molecular formula is C15H12BrClN2. The zero-order chi connectivity index (χ0) is 13.6. The van der Waals surface area contributed by atoms with E-state index in [9.17, 15) is 0 Å². The number of halogens is 2. The second kappa shape index (κ2) is 4.66. The number of aryl methyl sites for hydroxylation is 2. The molecule has 3 rings (SSSR count). The molecule has 0 bridgehead atoms. The van der Waals surface area contributed by atoms with Crippen molar-refractivity contribution in [3.05, 3.63) is 57.3 Å². The predicted octanol–water partition coefficient (Wildman–Crippen LogP) is 5.03. The van der Waals surface area contributed by atoms with Crippen LogP contribution in [0.3, 0.4) is 0 Å². The van der Waals surface area contributed by atoms with E-state index in [0.29, 0.717) is 0 Å². The van der Waals surface area contributed by atoms with Crippen molar-refractivity contribution < 1.29 is 0 Å². The molecule has 3 aromatic rings. The fraction of sp³-hybridized carbons (Fsp3) is 0.133. The van der Waals surface area contributed by atoms with Crippen molar-refractivity contribution in [1.29, 1.82) is 0 Å². The van der Waals surface area contributed by atoms with Gasteiger partial charge >= 0.3 is 0 Å². The Bertz CT molecular complexity index is 777. The van der Waals surface area contributed by atoms with Crippen molar-refractivity contribution in [3.63, 3.8) is 0 Å². The molecule has 96 valence electrons. The average Bonchev–Trinajstić information content (AvgIpc) is 2.68. The molecule has 1 aromatic carbocycles. The normalized spacial score (nSPS) is 11.2. The van der Waals surface area contributed by atoms with Gasteiger partial charge in [0.1, 0.15) is 5.65 Å². The van der Waals surface area contributed by atoms with E-state index in [2.05, 4.69) is 46.4 Å². The topological polar surface area (TPSA) is 17.3 Å². The lowest BCUT2D eigenvalue weighted by Crippen LogP contribution is -1.89. The Morgan fingerprint density at radius 1 is 1.21 bits per heavy atom. The minimum atomic E-state index is 0.728. The summed E-state index contributed by atoms with van der Waals surface area (Å²) < 4.78 is 3.17. The van der Waals surface area contributed by atoms with Crippen LogP contribution in [0.25, 0.3) is 16.9 Å². The zero-order valence-corrected chi connectivity index (χ0v) is 13.0. The lowest BCUT2D eigenvalue weighted by atomic mass is 10.1. The van der Waals surface area contributed by atoms with Gasteiger partial charge in [0.2, 0.25) is 0 Å². The van der Waals surface area contributed by atoms with Crippen molar-refractivity contribution in [2.45, 2.75) is 13.8 Å². The van der Waals surface area contributed by atoms with Gasteiger partial charge in [-0.2, -0.15) is 0 Å². The zero-order valence-electron chi connectivity index (χ0n) is 10.6. The number of pyridine rings is 1. The summed E-state index contributed by atoms with van der Waals surface area (Å²) in [6.07, 6.45) is 2.06. The monoisotopic (exact) mass is 334 g/mol. The molecule has 0 N–H and O–H groups in total. The van der Waals surface area contributed by atoms with Gasteiger partial charge in [-0.15, -0.1) is 0 Å². The lowest BCUT2D eigenvalue weighted by Gasteiger charge is -2.02. The Kier molecular flexibility index (Phi) is 3.11. The van der Waals surface area contributed by atoms with Crippen LogP contribution < -0.4 is 0 Å². The first kappa shape index (κ1) is 12.7. The number of aromatic nitrogens is 2. The van der Waals surface area contributed by atoms with Gasteiger partial charge in [-0.3, -0.25) is 0 Å². The third-order valence-corrected chi connectivity index (χ3v) is 4.31. The van der Waals surface area contributed by atoms with Gasteiger partial charge in [0.25, 0.3) is 0 Å². The van der Waals surface area contributed by atoms with Gasteiger partial charge in [0.05, 0.1) is 5.69 Å². The van der Waals surface area contributed by atoms with E-state index in [1.54, 1.807) is 0 Å². The summed E-state index contributed by atoms with van der Waals surface area (Å²) in [5, 5.41) is 0.728. The summed E-state index contributed by atoms with van der Waals surface area (Å²) in [6, 6.07) is 9.87. The highest BCUT2D eigenvalue weighted by atomic mass is 79.9. The first-order chi connectivity index (χ1) is 9.06. The van der Waals surface area contributed by atoms with Crippen molar-refractivity contribution >= 4 is 33.2 Å². The van der Waals surface area contributed by atoms with Gasteiger partial charge in [0.15, 0.2) is 0 Å². The van der Waals surface area contributed by atoms with Crippen LogP contribution in [0.5, 0.6) is 0 Å². The van der Waals surface area contributed by atoms with Crippen molar-refractivity contribution in [2.75, 3.05) is 0 Å². The maximum atomic E-state index is 6.05. The number of fused-ring (bicyclic) bond motifs is 1. The second-order valence-corrected chi connectivity index (χ2v) is 5.88. The quantitative estimate of drug-likeness (QED) is 0.609. The Labute approximate surface area is 125 Å². The molecule has 0 spiro atoms. The van der Waals surface area contributed by atoms with Crippen LogP contribution in [0.2, 0.25) is 5.02 Å². The summed E-state index contributed by atoms with van der Waals surface area (Å²) in [4.78, 5) is 4.71. The van der Waals surface area contributed by atoms with Crippen LogP contribution in [0.15, 0.2) is 41.0 Å². The van der Waals surface area contributed by atoms with Gasteiger partial charge in [0, 0.05) is 26.9 Å². The maximum Gasteiger partial charge on any atom is 0.137 e. The highest BCUT2D eigenvalue weighted by Crippen LogP contribution is 2.28. The van der Waals surface area contributed by atoms with E-state index < -0.39 is 0 Å². The van der Waals surface area contributed by atoms with E-state index in [-0.39, 0.29) is 0 Å². The summed E-state index contributed by atoms with van der Waals surface area (Å²) in [5.74, 6) is 0. The number of hydrogen-bond donors (Lipinski definition) is 0. The highest BCUT2D eigenvalue weighted by Gasteiger charge is 2.11. The predicted molar refractivity (Wildman–Crippen MR) is 82.8 cm³/mol. The number of imidazole rings is 1. The minimum absolute atomic E-state index is 0.728. The van der Waals surface area contributed by atoms with Crippen molar-refractivity contribution in [1.82, 2.24) is 9.38 Å². The Morgan fingerprint density at radius 3 is 2.74 bits per heavy atom. The van der Waals surface area contributed by atoms with Crippen molar-refractivity contribution in [2.24, 2.45) is 0 Å². The molecule has 0 atom stereocenters. The molecule has 0 saturated heterocycles. The van der Waals surface area contributed by atoms with Crippen LogP contribution in [0.1, 0.15) is 11.3 Å². The van der Waals surface area contributed by atoms with Crippen LogP contribution in [0, 0.1) is 13.8 Å². The van der Waals surface area contributed by atoms with Gasteiger partial charge in [-0.05, 0) is 53.5 Å². The molecule has 0 radical (unpaired) electrons. The number of hydrogen-bond acceptors (Lipinski definition) is 1. The fourth-order valence-electron chi connectivity index (χ4n) is 2.19. The molecule has 0 aliphatic rings. The molecule has 0 aliphatic carbocycles. The third-order valence-electron chi connectivity index (χ3n) is 3.24. The van der Waals surface area contributed by atoms with E-state index in [0.717, 1.165) is 32.1 Å². The van der Waals surface area contributed by atoms with Crippen LogP contribution in [0.4, 0.5) is 0 Å². The smallest absolute Gasteiger partial charge is 0.137 e. The molecule has 0 amide bonds. The SMILES string of the molecule is Cc1cc2nc(-c3cccc(Cl)c3)c(C)n2cc1Br. The third kappa shape index (κ3) is 2.17. The fourth-order valence-corrected chi connectivity index (χ4v) is 2.70. The summed E-state index contributed by atoms with van der Waals surface area (Å²) in [7, 11) is 0. The summed E-state index contributed by atoms with van der Waals surface area (Å²) in [6.45, 7) is 4.13. The standard InChI is InChI=1S/C15H12BrClN2/c1-9-6-14-18-15(10(2)19(14)8-13(9)16)11-4-3-5-12(17)7-11/h3-8H,1-2H3. The van der Waals surface area contributed by atoms with Crippen molar-refractivity contribution in [3.8, 4) is 11.3 Å². The molecule has 2 nitrogen and oxygen atoms in total. The van der Waals surface area contributed by atoms with Gasteiger partial charge in [-0.1, -0.05) is 23.7 Å². The lowest BCUT2D eigenvalue weighted by molar-refractivity contribution is 1.09. The Balaban J connectivity index is 2.28. The van der Waals surface area contributed by atoms with E-state index in [1.807, 2.05) is 24.3 Å². The molecule has 2 heterocycles. The Morgan fingerprint density at radius 2 is 2.00 bits per heavy atom. The first-order valence-electron chi connectivity index (χ1n) is 5.97. The average molecular weight is 336 g/mol. The molecule has 19 heavy (non-hydrogen) atoms. The molecular weight excluding hydrogens is 324 g/mol. The number of rotatable bonds is 1. The molecule has 2 aromatic heterocycles. The van der Waals surface area contributed by atoms with Crippen LogP contribution in [-0.2, 0) is 0 Å². The second-order valence-electron chi connectivity index (χ2n) is 4.59. The van der Waals surface area contributed by atoms with E-state index in [4.69, 9.17) is 16.6 Å². The molecule has 0 unspecified atom stereocenters. The molecule has 0 saturated carbocycles. The van der Waals surface area contributed by atoms with Gasteiger partial charge in [-0.25, -0.2) is 4.98 Å². The maximum absolute atomic E-state index is 6.05. The van der Waals surface area contributed by atoms with E-state index in [1.165, 1.54) is 5.56 Å². The highest BCUT2D eigenvalue weighted by molar-refractivity contribution is 9.10. The summed E-state index contributed by atoms with van der Waals surface area (Å²) >= 11 is 9.61. The van der Waals surface area contributed by atoms with Crippen LogP contribution in [-0.4, -0.2) is 9.38 Å². The summed E-state index contributed by atoms with van der Waals surface area (Å²) in [5.41, 5.74) is 5.25. The first-order valence-corrected chi connectivity index (χ1v) is 7.14. The number of nitrogens with zero attached hydrogens (tertiary/aromatic N) is 2. The molecule has 4 heteroatoms. The largest absolute Gasteiger partial charge is 0.303 e. The van der Waals surface area contributed by atoms with Crippen LogP contribution >= 0.6 is 27.5 Å².